The zero-order valence-electron chi connectivity index (χ0n) is 22.8. The third-order valence-electron chi connectivity index (χ3n) is 9.21. The molecule has 3 saturated carbocycles. The fraction of sp³-hybridized carbons (Fsp3) is 0.500. The molecule has 1 aromatic heterocycles. The second-order valence-corrected chi connectivity index (χ2v) is 11.9. The first-order valence-corrected chi connectivity index (χ1v) is 14.1. The monoisotopic (exact) mass is 545 g/mol. The number of amides is 1. The zero-order chi connectivity index (χ0) is 28.3. The molecule has 6 atom stereocenters. The summed E-state index contributed by atoms with van der Waals surface area (Å²) in [5.41, 5.74) is 7.92. The van der Waals surface area contributed by atoms with Crippen molar-refractivity contribution in [2.75, 3.05) is 0 Å². The van der Waals surface area contributed by atoms with Crippen molar-refractivity contribution >= 4 is 28.6 Å². The number of hydrogen-bond acceptors (Lipinski definition) is 7. The van der Waals surface area contributed by atoms with Gasteiger partial charge in [0.2, 0.25) is 11.8 Å². The number of carboxylic acids is 1. The Labute approximate surface area is 232 Å². The molecule has 210 valence electrons. The molecule has 10 heteroatoms. The summed E-state index contributed by atoms with van der Waals surface area (Å²) in [5, 5.41) is 13.7. The lowest BCUT2D eigenvalue weighted by Crippen LogP contribution is -2.53. The van der Waals surface area contributed by atoms with Crippen LogP contribution in [-0.4, -0.2) is 55.3 Å². The maximum absolute atomic E-state index is 14.0. The lowest BCUT2D eigenvalue weighted by atomic mass is 9.49. The SMILES string of the molecule is C=C1C2CC1C2=CN1[C@@H]2CCC[C@H]1C[C@@H](n1c(=O)c(/C(=N/OC(C(N)=O)C(C)C)C(=O)O)nc3ccccc31)C2. The Morgan fingerprint density at radius 1 is 1.15 bits per heavy atom. The molecule has 5 fully saturated rings. The van der Waals surface area contributed by atoms with E-state index in [4.69, 9.17) is 10.6 Å². The van der Waals surface area contributed by atoms with E-state index in [-0.39, 0.29) is 17.7 Å². The van der Waals surface area contributed by atoms with Gasteiger partial charge in [0.1, 0.15) is 0 Å². The molecule has 2 aromatic rings. The Morgan fingerprint density at radius 2 is 1.82 bits per heavy atom. The first-order chi connectivity index (χ1) is 19.2. The molecule has 7 rings (SSSR count). The van der Waals surface area contributed by atoms with Crippen LogP contribution in [0.1, 0.15) is 64.1 Å². The van der Waals surface area contributed by atoms with Gasteiger partial charge in [-0.15, -0.1) is 0 Å². The molecule has 3 heterocycles. The average Bonchev–Trinajstić information content (AvgIpc) is 2.87. The zero-order valence-corrected chi connectivity index (χ0v) is 22.8. The number of piperidine rings is 2. The predicted octanol–water partition coefficient (Wildman–Crippen LogP) is 3.36. The Bertz CT molecular complexity index is 1500. The smallest absolute Gasteiger partial charge is 0.360 e. The lowest BCUT2D eigenvalue weighted by molar-refractivity contribution is -0.134. The summed E-state index contributed by atoms with van der Waals surface area (Å²) in [5.74, 6) is -1.49. The van der Waals surface area contributed by atoms with Gasteiger partial charge in [-0.3, -0.25) is 9.59 Å². The van der Waals surface area contributed by atoms with Crippen LogP contribution in [0.25, 0.3) is 11.0 Å². The number of nitrogens with zero attached hydrogens (tertiary/aromatic N) is 4. The summed E-state index contributed by atoms with van der Waals surface area (Å²) >= 11 is 0. The number of aromatic nitrogens is 2. The van der Waals surface area contributed by atoms with E-state index < -0.39 is 29.3 Å². The number of aliphatic carboxylic acids is 1. The molecule has 4 bridgehead atoms. The highest BCUT2D eigenvalue weighted by Crippen LogP contribution is 2.62. The number of para-hydroxylation sites is 2. The number of benzene rings is 1. The number of carbonyl (C=O) groups excluding carboxylic acids is 1. The van der Waals surface area contributed by atoms with E-state index >= 15 is 0 Å². The maximum Gasteiger partial charge on any atom is 0.360 e. The van der Waals surface area contributed by atoms with E-state index in [1.807, 2.05) is 12.1 Å². The average molecular weight is 546 g/mol. The van der Waals surface area contributed by atoms with Crippen molar-refractivity contribution < 1.29 is 19.5 Å². The van der Waals surface area contributed by atoms with Crippen molar-refractivity contribution in [1.82, 2.24) is 14.5 Å². The molecule has 3 unspecified atom stereocenters. The van der Waals surface area contributed by atoms with Gasteiger partial charge in [0.25, 0.3) is 11.5 Å². The van der Waals surface area contributed by atoms with Crippen LogP contribution >= 0.6 is 0 Å². The van der Waals surface area contributed by atoms with Crippen molar-refractivity contribution in [1.29, 1.82) is 0 Å². The van der Waals surface area contributed by atoms with Gasteiger partial charge in [-0.25, -0.2) is 9.78 Å². The molecular weight excluding hydrogens is 510 g/mol. The molecule has 5 aliphatic rings. The van der Waals surface area contributed by atoms with Crippen molar-refractivity contribution in [2.45, 2.75) is 76.6 Å². The van der Waals surface area contributed by atoms with Crippen molar-refractivity contribution in [3.05, 3.63) is 64.2 Å². The lowest BCUT2D eigenvalue weighted by Gasteiger charge is -2.58. The van der Waals surface area contributed by atoms with Crippen LogP contribution in [0.2, 0.25) is 0 Å². The van der Waals surface area contributed by atoms with Crippen LogP contribution in [0.3, 0.4) is 0 Å². The number of allylic oxidation sites excluding steroid dienone is 2. The Balaban J connectivity index is 1.38. The minimum atomic E-state index is -1.47. The predicted molar refractivity (Wildman–Crippen MR) is 149 cm³/mol. The second-order valence-electron chi connectivity index (χ2n) is 11.9. The fourth-order valence-corrected chi connectivity index (χ4v) is 6.94. The normalized spacial score (nSPS) is 28.1. The number of carbonyl (C=O) groups is 2. The minimum absolute atomic E-state index is 0.125. The summed E-state index contributed by atoms with van der Waals surface area (Å²) in [6, 6.07) is 7.74. The van der Waals surface area contributed by atoms with Gasteiger partial charge in [-0.1, -0.05) is 43.3 Å². The van der Waals surface area contributed by atoms with Gasteiger partial charge in [0.15, 0.2) is 5.69 Å². The first-order valence-electron chi connectivity index (χ1n) is 14.1. The topological polar surface area (TPSA) is 140 Å². The van der Waals surface area contributed by atoms with E-state index in [1.165, 1.54) is 17.6 Å². The molecule has 1 aromatic carbocycles. The Morgan fingerprint density at radius 3 is 2.40 bits per heavy atom. The molecule has 0 spiro atoms. The Kier molecular flexibility index (Phi) is 6.51. The summed E-state index contributed by atoms with van der Waals surface area (Å²) in [6.07, 6.45) is 7.28. The number of primary amides is 1. The van der Waals surface area contributed by atoms with Crippen LogP contribution < -0.4 is 11.3 Å². The maximum atomic E-state index is 14.0. The fourth-order valence-electron chi connectivity index (χ4n) is 6.94. The van der Waals surface area contributed by atoms with Crippen LogP contribution in [0.5, 0.6) is 0 Å². The number of fused-ring (bicyclic) bond motifs is 3. The molecule has 1 amide bonds. The van der Waals surface area contributed by atoms with Crippen LogP contribution in [0, 0.1) is 17.8 Å². The number of nitrogens with two attached hydrogens (primary N) is 1. The van der Waals surface area contributed by atoms with Crippen LogP contribution in [-0.2, 0) is 14.4 Å². The molecular formula is C30H35N5O5. The highest BCUT2D eigenvalue weighted by Gasteiger charge is 2.52. The van der Waals surface area contributed by atoms with Crippen LogP contribution in [0.15, 0.2) is 58.1 Å². The quantitative estimate of drug-likeness (QED) is 0.294. The van der Waals surface area contributed by atoms with Crippen molar-refractivity contribution in [3.63, 3.8) is 0 Å². The summed E-state index contributed by atoms with van der Waals surface area (Å²) in [7, 11) is 0. The third-order valence-corrected chi connectivity index (χ3v) is 9.21. The van der Waals surface area contributed by atoms with E-state index in [9.17, 15) is 19.5 Å². The highest BCUT2D eigenvalue weighted by atomic mass is 16.6. The van der Waals surface area contributed by atoms with Crippen LogP contribution in [0.4, 0.5) is 0 Å². The van der Waals surface area contributed by atoms with E-state index in [0.717, 1.165) is 32.1 Å². The standard InChI is InChI=1S/C30H35N5O5/c1-15(2)27(28(31)36)40-33-26(30(38)39)25-29(37)35(24-10-5-4-9-23(24)32-25)19-11-17-7-6-8-18(12-19)34(17)14-22-20-13-21(22)16(20)3/h4-5,9-10,14-15,17-21,27H,3,6-8,11-13H2,1-2H3,(H2,31,36)(H,38,39)/b22-14?,33-26-/t17-,18+,19+,20?,21?,27?. The number of carboxylic acid groups (broad SMARTS) is 1. The van der Waals surface area contributed by atoms with Gasteiger partial charge in [-0.05, 0) is 56.2 Å². The Hall–Kier alpha value is -3.95. The third kappa shape index (κ3) is 4.20. The number of rotatable bonds is 8. The minimum Gasteiger partial charge on any atom is -0.476 e. The van der Waals surface area contributed by atoms with Gasteiger partial charge in [0, 0.05) is 42.1 Å². The molecule has 40 heavy (non-hydrogen) atoms. The number of oxime groups is 1. The largest absolute Gasteiger partial charge is 0.476 e. The van der Waals surface area contributed by atoms with E-state index in [2.05, 4.69) is 27.8 Å². The van der Waals surface area contributed by atoms with E-state index in [0.29, 0.717) is 35.0 Å². The molecule has 2 saturated heterocycles. The molecule has 3 N–H and O–H groups in total. The molecule has 0 radical (unpaired) electrons. The molecule has 2 aliphatic heterocycles. The summed E-state index contributed by atoms with van der Waals surface area (Å²) in [4.78, 5) is 50.3. The van der Waals surface area contributed by atoms with Gasteiger partial charge in [0.05, 0.1) is 11.0 Å². The summed E-state index contributed by atoms with van der Waals surface area (Å²) in [6.45, 7) is 7.59. The van der Waals surface area contributed by atoms with Crippen molar-refractivity contribution in [2.24, 2.45) is 28.6 Å². The van der Waals surface area contributed by atoms with Gasteiger partial charge in [-0.2, -0.15) is 0 Å². The molecule has 10 nitrogen and oxygen atoms in total. The van der Waals surface area contributed by atoms with E-state index in [1.54, 1.807) is 30.5 Å². The second kappa shape index (κ2) is 9.91. The number of hydrogen-bond donors (Lipinski definition) is 2. The highest BCUT2D eigenvalue weighted by molar-refractivity contribution is 6.41. The molecule has 3 aliphatic carbocycles. The van der Waals surface area contributed by atoms with Gasteiger partial charge < -0.3 is 25.1 Å². The van der Waals surface area contributed by atoms with Crippen molar-refractivity contribution in [3.8, 4) is 0 Å². The summed E-state index contributed by atoms with van der Waals surface area (Å²) < 4.78 is 1.71. The van der Waals surface area contributed by atoms with Gasteiger partial charge >= 0.3 is 5.97 Å². The first kappa shape index (κ1) is 26.3.